The molecule has 4 rings (SSSR count). The van der Waals surface area contributed by atoms with E-state index >= 15 is 0 Å². The maximum Gasteiger partial charge on any atom is 0.261 e. The minimum atomic E-state index is -0.303. The third kappa shape index (κ3) is 3.63. The number of hydrogen-bond donors (Lipinski definition) is 1. The molecular formula is C22H21N3O4. The fourth-order valence-electron chi connectivity index (χ4n) is 3.33. The van der Waals surface area contributed by atoms with Gasteiger partial charge in [0.25, 0.3) is 11.8 Å². The lowest BCUT2D eigenvalue weighted by atomic mass is 10.1. The van der Waals surface area contributed by atoms with Gasteiger partial charge < -0.3 is 9.73 Å². The predicted molar refractivity (Wildman–Crippen MR) is 108 cm³/mol. The summed E-state index contributed by atoms with van der Waals surface area (Å²) in [6.45, 7) is 4.21. The third-order valence-electron chi connectivity index (χ3n) is 4.85. The zero-order valence-electron chi connectivity index (χ0n) is 16.3. The molecule has 0 spiro atoms. The van der Waals surface area contributed by atoms with Gasteiger partial charge in [-0.1, -0.05) is 26.0 Å². The van der Waals surface area contributed by atoms with Gasteiger partial charge in [0.2, 0.25) is 5.91 Å². The van der Waals surface area contributed by atoms with E-state index in [4.69, 9.17) is 4.42 Å². The molecule has 1 aliphatic rings. The quantitative estimate of drug-likeness (QED) is 0.642. The van der Waals surface area contributed by atoms with Crippen molar-refractivity contribution in [2.24, 2.45) is 0 Å². The van der Waals surface area contributed by atoms with Crippen molar-refractivity contribution >= 4 is 34.5 Å². The predicted octanol–water partition coefficient (Wildman–Crippen LogP) is 3.97. The molecule has 1 N–H and O–H groups in total. The fraction of sp³-hybridized carbons (Fsp3) is 0.273. The van der Waals surface area contributed by atoms with E-state index in [9.17, 15) is 14.4 Å². The number of oxazole rings is 1. The monoisotopic (exact) mass is 391 g/mol. The molecule has 3 amide bonds. The molecule has 0 fully saturated rings. The molecule has 0 radical (unpaired) electrons. The van der Waals surface area contributed by atoms with Gasteiger partial charge in [0, 0.05) is 30.6 Å². The van der Waals surface area contributed by atoms with Crippen molar-refractivity contribution in [3.05, 3.63) is 59.5 Å². The molecule has 7 nitrogen and oxygen atoms in total. The van der Waals surface area contributed by atoms with E-state index in [1.54, 1.807) is 42.5 Å². The number of carbonyl (C=O) groups is 3. The first-order valence-electron chi connectivity index (χ1n) is 9.59. The first-order valence-corrected chi connectivity index (χ1v) is 9.59. The second-order valence-electron chi connectivity index (χ2n) is 7.35. The molecular weight excluding hydrogens is 370 g/mol. The zero-order valence-corrected chi connectivity index (χ0v) is 16.3. The van der Waals surface area contributed by atoms with Crippen molar-refractivity contribution in [2.45, 2.75) is 32.6 Å². The molecule has 3 aromatic rings. The molecule has 2 heterocycles. The molecule has 0 aliphatic carbocycles. The third-order valence-corrected chi connectivity index (χ3v) is 4.85. The number of carbonyl (C=O) groups excluding carboxylic acids is 3. The molecule has 0 saturated heterocycles. The Hall–Kier alpha value is -3.48. The number of benzene rings is 2. The smallest absolute Gasteiger partial charge is 0.261 e. The SMILES string of the molecule is CC(C)c1nc2ccc(NC(=O)CCCN3C(=O)c4ccccc4C3=O)cc2o1. The molecule has 29 heavy (non-hydrogen) atoms. The van der Waals surface area contributed by atoms with Crippen LogP contribution in [0, 0.1) is 0 Å². The number of amides is 3. The van der Waals surface area contributed by atoms with Crippen molar-refractivity contribution < 1.29 is 18.8 Å². The topological polar surface area (TPSA) is 92.5 Å². The van der Waals surface area contributed by atoms with Crippen molar-refractivity contribution in [1.82, 2.24) is 9.88 Å². The van der Waals surface area contributed by atoms with Crippen molar-refractivity contribution in [1.29, 1.82) is 0 Å². The second kappa shape index (κ2) is 7.50. The maximum atomic E-state index is 12.3. The van der Waals surface area contributed by atoms with Crippen molar-refractivity contribution in [3.8, 4) is 0 Å². The van der Waals surface area contributed by atoms with E-state index in [1.807, 2.05) is 13.8 Å². The summed E-state index contributed by atoms with van der Waals surface area (Å²) in [7, 11) is 0. The molecule has 1 aromatic heterocycles. The van der Waals surface area contributed by atoms with Crippen LogP contribution in [-0.4, -0.2) is 34.2 Å². The highest BCUT2D eigenvalue weighted by atomic mass is 16.3. The number of nitrogens with zero attached hydrogens (tertiary/aromatic N) is 2. The van der Waals surface area contributed by atoms with Crippen LogP contribution in [0.1, 0.15) is 59.2 Å². The number of nitrogens with one attached hydrogen (secondary N) is 1. The Morgan fingerprint density at radius 2 is 1.79 bits per heavy atom. The number of imide groups is 1. The lowest BCUT2D eigenvalue weighted by Gasteiger charge is -2.13. The summed E-state index contributed by atoms with van der Waals surface area (Å²) in [5, 5.41) is 2.82. The number of fused-ring (bicyclic) bond motifs is 2. The summed E-state index contributed by atoms with van der Waals surface area (Å²) in [5.74, 6) is 0.0436. The minimum absolute atomic E-state index is 0.183. The van der Waals surface area contributed by atoms with Crippen LogP contribution in [0.5, 0.6) is 0 Å². The summed E-state index contributed by atoms with van der Waals surface area (Å²) < 4.78 is 5.71. The van der Waals surface area contributed by atoms with Crippen molar-refractivity contribution in [2.75, 3.05) is 11.9 Å². The lowest BCUT2D eigenvalue weighted by molar-refractivity contribution is -0.116. The summed E-state index contributed by atoms with van der Waals surface area (Å²) in [4.78, 5) is 42.6. The molecule has 7 heteroatoms. The average molecular weight is 391 g/mol. The molecule has 2 aromatic carbocycles. The minimum Gasteiger partial charge on any atom is -0.440 e. The number of hydrogen-bond acceptors (Lipinski definition) is 5. The summed E-state index contributed by atoms with van der Waals surface area (Å²) in [5.41, 5.74) is 2.83. The first-order chi connectivity index (χ1) is 13.9. The zero-order chi connectivity index (χ0) is 20.5. The van der Waals surface area contributed by atoms with Crippen LogP contribution in [0.25, 0.3) is 11.1 Å². The Balaban J connectivity index is 1.33. The van der Waals surface area contributed by atoms with Crippen molar-refractivity contribution in [3.63, 3.8) is 0 Å². The van der Waals surface area contributed by atoms with E-state index < -0.39 is 0 Å². The number of aromatic nitrogens is 1. The molecule has 0 bridgehead atoms. The van der Waals surface area contributed by atoms with Gasteiger partial charge in [-0.05, 0) is 30.7 Å². The Bertz CT molecular complexity index is 1080. The Kier molecular flexibility index (Phi) is 4.88. The summed E-state index contributed by atoms with van der Waals surface area (Å²) >= 11 is 0. The van der Waals surface area contributed by atoms with Gasteiger partial charge in [-0.3, -0.25) is 19.3 Å². The summed E-state index contributed by atoms with van der Waals surface area (Å²) in [6, 6.07) is 12.1. The van der Waals surface area contributed by atoms with E-state index in [2.05, 4.69) is 10.3 Å². The Morgan fingerprint density at radius 3 is 2.45 bits per heavy atom. The second-order valence-corrected chi connectivity index (χ2v) is 7.35. The number of anilines is 1. The van der Waals surface area contributed by atoms with Gasteiger partial charge in [0.1, 0.15) is 5.52 Å². The molecule has 148 valence electrons. The highest BCUT2D eigenvalue weighted by Gasteiger charge is 2.34. The van der Waals surface area contributed by atoms with Gasteiger partial charge in [-0.15, -0.1) is 0 Å². The lowest BCUT2D eigenvalue weighted by Crippen LogP contribution is -2.31. The Morgan fingerprint density at radius 1 is 1.10 bits per heavy atom. The van der Waals surface area contributed by atoms with Crippen LogP contribution < -0.4 is 5.32 Å². The van der Waals surface area contributed by atoms with Gasteiger partial charge in [0.05, 0.1) is 11.1 Å². The molecule has 0 atom stereocenters. The molecule has 1 aliphatic heterocycles. The van der Waals surface area contributed by atoms with Crippen LogP contribution in [0.2, 0.25) is 0 Å². The van der Waals surface area contributed by atoms with E-state index in [0.29, 0.717) is 34.7 Å². The van der Waals surface area contributed by atoms with Crippen LogP contribution in [0.3, 0.4) is 0 Å². The van der Waals surface area contributed by atoms with Gasteiger partial charge in [0.15, 0.2) is 11.5 Å². The standard InChI is InChI=1S/C22H21N3O4/c1-13(2)20-24-17-10-9-14(12-18(17)29-20)23-19(26)8-5-11-25-21(27)15-6-3-4-7-16(15)22(25)28/h3-4,6-7,9-10,12-13H,5,8,11H2,1-2H3,(H,23,26). The van der Waals surface area contributed by atoms with E-state index in [0.717, 1.165) is 5.52 Å². The normalized spacial score (nSPS) is 13.4. The number of rotatable bonds is 6. The van der Waals surface area contributed by atoms with E-state index in [1.165, 1.54) is 4.90 Å². The van der Waals surface area contributed by atoms with Crippen LogP contribution in [-0.2, 0) is 4.79 Å². The highest BCUT2D eigenvalue weighted by molar-refractivity contribution is 6.21. The average Bonchev–Trinajstić information content (AvgIpc) is 3.23. The molecule has 0 saturated carbocycles. The highest BCUT2D eigenvalue weighted by Crippen LogP contribution is 2.25. The maximum absolute atomic E-state index is 12.3. The van der Waals surface area contributed by atoms with E-state index in [-0.39, 0.29) is 36.6 Å². The first kappa shape index (κ1) is 18.9. The van der Waals surface area contributed by atoms with Crippen LogP contribution >= 0.6 is 0 Å². The molecule has 0 unspecified atom stereocenters. The van der Waals surface area contributed by atoms with Gasteiger partial charge in [-0.2, -0.15) is 0 Å². The summed E-state index contributed by atoms with van der Waals surface area (Å²) in [6.07, 6.45) is 0.582. The van der Waals surface area contributed by atoms with Crippen LogP contribution in [0.15, 0.2) is 46.9 Å². The largest absolute Gasteiger partial charge is 0.440 e. The van der Waals surface area contributed by atoms with Crippen LogP contribution in [0.4, 0.5) is 5.69 Å². The van der Waals surface area contributed by atoms with Gasteiger partial charge in [-0.25, -0.2) is 4.98 Å². The van der Waals surface area contributed by atoms with Gasteiger partial charge >= 0.3 is 0 Å². The fourth-order valence-corrected chi connectivity index (χ4v) is 3.33. The Labute approximate surface area is 167 Å².